The molecule has 2 saturated heterocycles. The van der Waals surface area contributed by atoms with E-state index in [2.05, 4.69) is 48.2 Å². The van der Waals surface area contributed by atoms with E-state index in [1.807, 2.05) is 0 Å². The molecular formula is C19H23FO2S. The molecule has 0 spiro atoms. The number of hydrogen-bond donors (Lipinski definition) is 0. The van der Waals surface area contributed by atoms with Crippen LogP contribution in [0.1, 0.15) is 42.9 Å². The number of halogens is 1. The van der Waals surface area contributed by atoms with Gasteiger partial charge in [0.05, 0.1) is 6.61 Å². The average Bonchev–Trinajstić information content (AvgIpc) is 3.10. The van der Waals surface area contributed by atoms with Crippen molar-refractivity contribution in [2.75, 3.05) is 12.4 Å². The van der Waals surface area contributed by atoms with E-state index in [4.69, 9.17) is 9.47 Å². The zero-order chi connectivity index (χ0) is 14.8. The molecule has 0 amide bonds. The monoisotopic (exact) mass is 334 g/mol. The standard InChI is InChI=1S/C19H22O2S.FH/c1-2-7-15-14(6-1)16(18-8-5-13-22-18)10-11-17(15)21-19-9-3-4-12-20-19;/h1-2,6-7,10-11,18-19H,3-5,8-9,12-13H2;1H. The first kappa shape index (κ1) is 16.6. The maximum Gasteiger partial charge on any atom is 0.199 e. The highest BCUT2D eigenvalue weighted by Gasteiger charge is 2.22. The van der Waals surface area contributed by atoms with Gasteiger partial charge in [-0.15, -0.1) is 0 Å². The summed E-state index contributed by atoms with van der Waals surface area (Å²) in [5, 5.41) is 3.21. The summed E-state index contributed by atoms with van der Waals surface area (Å²) >= 11 is 2.09. The van der Waals surface area contributed by atoms with Crippen LogP contribution in [0.2, 0.25) is 0 Å². The summed E-state index contributed by atoms with van der Waals surface area (Å²) in [6.07, 6.45) is 5.88. The Morgan fingerprint density at radius 1 is 0.957 bits per heavy atom. The molecule has 0 aromatic heterocycles. The van der Waals surface area contributed by atoms with Gasteiger partial charge in [0.15, 0.2) is 6.29 Å². The molecule has 2 nitrogen and oxygen atoms in total. The molecule has 4 heteroatoms. The lowest BCUT2D eigenvalue weighted by Crippen LogP contribution is -2.25. The zero-order valence-corrected chi connectivity index (χ0v) is 14.0. The number of thioether (sulfide) groups is 1. The van der Waals surface area contributed by atoms with Crippen molar-refractivity contribution in [1.82, 2.24) is 0 Å². The van der Waals surface area contributed by atoms with Crippen molar-refractivity contribution >= 4 is 22.5 Å². The molecule has 2 aliphatic rings. The summed E-state index contributed by atoms with van der Waals surface area (Å²) in [6.45, 7) is 0.819. The van der Waals surface area contributed by atoms with Crippen LogP contribution in [0.15, 0.2) is 36.4 Å². The van der Waals surface area contributed by atoms with Gasteiger partial charge in [-0.1, -0.05) is 30.3 Å². The van der Waals surface area contributed by atoms with Crippen LogP contribution in [-0.4, -0.2) is 18.6 Å². The van der Waals surface area contributed by atoms with Crippen molar-refractivity contribution in [2.24, 2.45) is 0 Å². The molecular weight excluding hydrogens is 311 g/mol. The van der Waals surface area contributed by atoms with Crippen LogP contribution in [0.4, 0.5) is 4.70 Å². The zero-order valence-electron chi connectivity index (χ0n) is 13.2. The van der Waals surface area contributed by atoms with Gasteiger partial charge in [0, 0.05) is 17.1 Å². The third-order valence-electron chi connectivity index (χ3n) is 4.59. The first-order valence-electron chi connectivity index (χ1n) is 8.33. The molecule has 0 aliphatic carbocycles. The molecule has 2 aromatic carbocycles. The fourth-order valence-corrected chi connectivity index (χ4v) is 4.78. The Hall–Kier alpha value is -1.26. The molecule has 2 unspecified atom stereocenters. The summed E-state index contributed by atoms with van der Waals surface area (Å²) < 4.78 is 11.9. The molecule has 0 saturated carbocycles. The quantitative estimate of drug-likeness (QED) is 0.742. The molecule has 2 aliphatic heterocycles. The van der Waals surface area contributed by atoms with Gasteiger partial charge in [-0.25, -0.2) is 0 Å². The van der Waals surface area contributed by atoms with Crippen molar-refractivity contribution in [3.8, 4) is 5.75 Å². The molecule has 4 rings (SSSR count). The molecule has 0 N–H and O–H groups in total. The Kier molecular flexibility index (Phi) is 5.44. The third-order valence-corrected chi connectivity index (χ3v) is 6.01. The van der Waals surface area contributed by atoms with Gasteiger partial charge in [0.1, 0.15) is 5.75 Å². The fourth-order valence-electron chi connectivity index (χ4n) is 3.45. The number of fused-ring (bicyclic) bond motifs is 1. The van der Waals surface area contributed by atoms with Crippen LogP contribution < -0.4 is 4.74 Å². The van der Waals surface area contributed by atoms with Gasteiger partial charge < -0.3 is 9.47 Å². The smallest absolute Gasteiger partial charge is 0.199 e. The topological polar surface area (TPSA) is 18.5 Å². The normalized spacial score (nSPS) is 24.3. The summed E-state index contributed by atoms with van der Waals surface area (Å²) in [7, 11) is 0. The minimum atomic E-state index is -0.0798. The summed E-state index contributed by atoms with van der Waals surface area (Å²) in [6, 6.07) is 13.1. The van der Waals surface area contributed by atoms with Gasteiger partial charge >= 0.3 is 0 Å². The molecule has 2 aromatic rings. The summed E-state index contributed by atoms with van der Waals surface area (Å²) in [4.78, 5) is 0. The number of rotatable bonds is 3. The van der Waals surface area contributed by atoms with Crippen LogP contribution in [0.3, 0.4) is 0 Å². The van der Waals surface area contributed by atoms with Crippen molar-refractivity contribution in [1.29, 1.82) is 0 Å². The van der Waals surface area contributed by atoms with Gasteiger partial charge in [0.25, 0.3) is 0 Å². The number of hydrogen-bond acceptors (Lipinski definition) is 3. The van der Waals surface area contributed by atoms with Crippen LogP contribution in [0, 0.1) is 0 Å². The van der Waals surface area contributed by atoms with E-state index in [-0.39, 0.29) is 11.0 Å². The van der Waals surface area contributed by atoms with Crippen molar-refractivity contribution in [3.05, 3.63) is 42.0 Å². The highest BCUT2D eigenvalue weighted by atomic mass is 32.2. The molecule has 124 valence electrons. The Balaban J connectivity index is 0.00000156. The van der Waals surface area contributed by atoms with Crippen LogP contribution in [-0.2, 0) is 4.74 Å². The van der Waals surface area contributed by atoms with Crippen LogP contribution in [0.25, 0.3) is 10.8 Å². The third kappa shape index (κ3) is 3.48. The van der Waals surface area contributed by atoms with E-state index in [0.29, 0.717) is 5.25 Å². The minimum absolute atomic E-state index is 0. The Bertz CT molecular complexity index is 649. The lowest BCUT2D eigenvalue weighted by Gasteiger charge is -2.24. The van der Waals surface area contributed by atoms with E-state index in [0.717, 1.165) is 25.2 Å². The predicted octanol–water partition coefficient (Wildman–Crippen LogP) is 5.47. The minimum Gasteiger partial charge on any atom is -0.464 e. The molecule has 2 heterocycles. The van der Waals surface area contributed by atoms with Crippen molar-refractivity contribution in [3.63, 3.8) is 0 Å². The lowest BCUT2D eigenvalue weighted by molar-refractivity contribution is -0.105. The van der Waals surface area contributed by atoms with Gasteiger partial charge in [0.2, 0.25) is 0 Å². The van der Waals surface area contributed by atoms with E-state index in [1.165, 1.54) is 41.4 Å². The van der Waals surface area contributed by atoms with Crippen molar-refractivity contribution in [2.45, 2.75) is 43.6 Å². The summed E-state index contributed by atoms with van der Waals surface area (Å²) in [5.41, 5.74) is 1.47. The Morgan fingerprint density at radius 3 is 2.57 bits per heavy atom. The molecule has 2 fully saturated rings. The van der Waals surface area contributed by atoms with Gasteiger partial charge in [-0.3, -0.25) is 4.70 Å². The predicted molar refractivity (Wildman–Crippen MR) is 95.1 cm³/mol. The Labute approximate surface area is 140 Å². The second-order valence-corrected chi connectivity index (χ2v) is 7.42. The van der Waals surface area contributed by atoms with E-state index in [9.17, 15) is 0 Å². The van der Waals surface area contributed by atoms with E-state index >= 15 is 0 Å². The highest BCUT2D eigenvalue weighted by molar-refractivity contribution is 7.99. The van der Waals surface area contributed by atoms with E-state index < -0.39 is 0 Å². The van der Waals surface area contributed by atoms with E-state index in [1.54, 1.807) is 0 Å². The van der Waals surface area contributed by atoms with Gasteiger partial charge in [-0.2, -0.15) is 11.8 Å². The average molecular weight is 334 g/mol. The number of benzene rings is 2. The molecule has 23 heavy (non-hydrogen) atoms. The van der Waals surface area contributed by atoms with Gasteiger partial charge in [-0.05, 0) is 48.5 Å². The largest absolute Gasteiger partial charge is 0.464 e. The van der Waals surface area contributed by atoms with Crippen LogP contribution in [0.5, 0.6) is 5.75 Å². The highest BCUT2D eigenvalue weighted by Crippen LogP contribution is 2.44. The maximum absolute atomic E-state index is 6.16. The Morgan fingerprint density at radius 2 is 1.83 bits per heavy atom. The fraction of sp³-hybridized carbons (Fsp3) is 0.474. The molecule has 2 atom stereocenters. The molecule has 0 bridgehead atoms. The first-order chi connectivity index (χ1) is 10.9. The first-order valence-corrected chi connectivity index (χ1v) is 9.38. The SMILES string of the molecule is F.c1ccc2c(C3CCCS3)ccc(OC3CCCCO3)c2c1. The lowest BCUT2D eigenvalue weighted by atomic mass is 9.99. The summed E-state index contributed by atoms with van der Waals surface area (Å²) in [5.74, 6) is 2.25. The molecule has 0 radical (unpaired) electrons. The van der Waals surface area contributed by atoms with Crippen LogP contribution >= 0.6 is 11.8 Å². The van der Waals surface area contributed by atoms with Crippen molar-refractivity contribution < 1.29 is 14.2 Å². The maximum atomic E-state index is 6.16. The second-order valence-electron chi connectivity index (χ2n) is 6.11. The number of ether oxygens (including phenoxy) is 2. The second kappa shape index (κ2) is 7.54.